The van der Waals surface area contributed by atoms with Crippen molar-refractivity contribution in [2.45, 2.75) is 12.8 Å². The SMILES string of the molecule is Cn1c(CCCN2C(=O)c3cccc4cccc(c34)C2=O)n[nH]c1=S. The lowest BCUT2D eigenvalue weighted by molar-refractivity contribution is 0.0608. The predicted molar refractivity (Wildman–Crippen MR) is 96.0 cm³/mol. The molecule has 2 heterocycles. The molecule has 1 aliphatic heterocycles. The number of hydrogen-bond donors (Lipinski definition) is 1. The molecule has 0 spiro atoms. The molecule has 126 valence electrons. The van der Waals surface area contributed by atoms with Gasteiger partial charge < -0.3 is 4.57 Å². The van der Waals surface area contributed by atoms with Gasteiger partial charge in [-0.3, -0.25) is 19.6 Å². The summed E-state index contributed by atoms with van der Waals surface area (Å²) in [5.41, 5.74) is 1.18. The molecule has 0 bridgehead atoms. The van der Waals surface area contributed by atoms with Crippen molar-refractivity contribution in [2.24, 2.45) is 7.05 Å². The van der Waals surface area contributed by atoms with Crippen LogP contribution in [-0.2, 0) is 13.5 Å². The minimum absolute atomic E-state index is 0.232. The summed E-state index contributed by atoms with van der Waals surface area (Å²) >= 11 is 5.09. The second-order valence-corrected chi connectivity index (χ2v) is 6.47. The largest absolute Gasteiger partial charge is 0.307 e. The second kappa shape index (κ2) is 5.93. The minimum Gasteiger partial charge on any atom is -0.307 e. The average molecular weight is 352 g/mol. The highest BCUT2D eigenvalue weighted by atomic mass is 32.1. The Labute approximate surface area is 149 Å². The Morgan fingerprint density at radius 1 is 1.08 bits per heavy atom. The van der Waals surface area contributed by atoms with Crippen molar-refractivity contribution in [3.05, 3.63) is 58.1 Å². The van der Waals surface area contributed by atoms with Crippen molar-refractivity contribution in [1.82, 2.24) is 19.7 Å². The molecule has 4 rings (SSSR count). The van der Waals surface area contributed by atoms with Crippen molar-refractivity contribution in [1.29, 1.82) is 0 Å². The Morgan fingerprint density at radius 2 is 1.72 bits per heavy atom. The molecule has 1 N–H and O–H groups in total. The fraction of sp³-hybridized carbons (Fsp3) is 0.222. The second-order valence-electron chi connectivity index (χ2n) is 6.08. The number of H-pyrrole nitrogens is 1. The van der Waals surface area contributed by atoms with Crippen molar-refractivity contribution in [3.8, 4) is 0 Å². The van der Waals surface area contributed by atoms with Gasteiger partial charge in [-0.25, -0.2) is 0 Å². The van der Waals surface area contributed by atoms with Crippen LogP contribution in [0.1, 0.15) is 33.0 Å². The van der Waals surface area contributed by atoms with E-state index in [0.29, 0.717) is 35.3 Å². The number of hydrogen-bond acceptors (Lipinski definition) is 4. The van der Waals surface area contributed by atoms with Crippen molar-refractivity contribution < 1.29 is 9.59 Å². The summed E-state index contributed by atoms with van der Waals surface area (Å²) in [5.74, 6) is 0.346. The maximum Gasteiger partial charge on any atom is 0.261 e. The zero-order chi connectivity index (χ0) is 17.6. The van der Waals surface area contributed by atoms with Crippen LogP contribution in [0.15, 0.2) is 36.4 Å². The van der Waals surface area contributed by atoms with E-state index in [1.54, 1.807) is 16.7 Å². The standard InChI is InChI=1S/C18H16N4O2S/c1-21-14(19-20-18(21)25)9-4-10-22-16(23)12-7-2-5-11-6-3-8-13(15(11)12)17(22)24/h2-3,5-8H,4,9-10H2,1H3,(H,20,25). The number of amides is 2. The van der Waals surface area contributed by atoms with Gasteiger partial charge in [-0.2, -0.15) is 5.10 Å². The molecule has 0 radical (unpaired) electrons. The number of nitrogens with one attached hydrogen (secondary N) is 1. The molecule has 7 heteroatoms. The van der Waals surface area contributed by atoms with Crippen LogP contribution in [0.25, 0.3) is 10.8 Å². The Hall–Kier alpha value is -2.80. The van der Waals surface area contributed by atoms with E-state index in [4.69, 9.17) is 12.2 Å². The number of benzene rings is 2. The van der Waals surface area contributed by atoms with Gasteiger partial charge in [0.2, 0.25) is 0 Å². The summed E-state index contributed by atoms with van der Waals surface area (Å²) in [6, 6.07) is 11.1. The lowest BCUT2D eigenvalue weighted by atomic mass is 9.94. The summed E-state index contributed by atoms with van der Waals surface area (Å²) in [6.07, 6.45) is 1.26. The molecule has 0 aliphatic carbocycles. The molecule has 25 heavy (non-hydrogen) atoms. The highest BCUT2D eigenvalue weighted by Crippen LogP contribution is 2.29. The maximum absolute atomic E-state index is 12.8. The zero-order valence-corrected chi connectivity index (χ0v) is 14.5. The van der Waals surface area contributed by atoms with Gasteiger partial charge in [0.25, 0.3) is 11.8 Å². The number of aromatic nitrogens is 3. The van der Waals surface area contributed by atoms with Gasteiger partial charge in [-0.05, 0) is 36.2 Å². The van der Waals surface area contributed by atoms with Crippen molar-refractivity contribution >= 4 is 34.8 Å². The first-order valence-corrected chi connectivity index (χ1v) is 8.47. The summed E-state index contributed by atoms with van der Waals surface area (Å²) in [5, 5.41) is 8.57. The van der Waals surface area contributed by atoms with E-state index < -0.39 is 0 Å². The lowest BCUT2D eigenvalue weighted by Crippen LogP contribution is -2.41. The number of carbonyl (C=O) groups excluding carboxylic acids is 2. The molecule has 0 saturated carbocycles. The molecule has 2 aromatic carbocycles. The van der Waals surface area contributed by atoms with Crippen LogP contribution < -0.4 is 0 Å². The molecule has 1 aliphatic rings. The van der Waals surface area contributed by atoms with Gasteiger partial charge in [0.1, 0.15) is 5.82 Å². The van der Waals surface area contributed by atoms with Crippen molar-refractivity contribution in [3.63, 3.8) is 0 Å². The van der Waals surface area contributed by atoms with Crippen LogP contribution in [0.5, 0.6) is 0 Å². The average Bonchev–Trinajstić information content (AvgIpc) is 2.94. The molecule has 0 atom stereocenters. The zero-order valence-electron chi connectivity index (χ0n) is 13.7. The van der Waals surface area contributed by atoms with Gasteiger partial charge in [0.15, 0.2) is 4.77 Å². The first-order valence-electron chi connectivity index (χ1n) is 8.06. The lowest BCUT2D eigenvalue weighted by Gasteiger charge is -2.27. The number of aryl methyl sites for hydroxylation is 1. The van der Waals surface area contributed by atoms with Gasteiger partial charge >= 0.3 is 0 Å². The number of rotatable bonds is 4. The van der Waals surface area contributed by atoms with E-state index in [1.165, 1.54) is 4.90 Å². The predicted octanol–water partition coefficient (Wildman–Crippen LogP) is 2.86. The van der Waals surface area contributed by atoms with Crippen LogP contribution in [0.4, 0.5) is 0 Å². The van der Waals surface area contributed by atoms with Crippen LogP contribution in [0, 0.1) is 4.77 Å². The fourth-order valence-corrected chi connectivity index (χ4v) is 3.43. The summed E-state index contributed by atoms with van der Waals surface area (Å²) in [7, 11) is 1.84. The van der Waals surface area contributed by atoms with Gasteiger partial charge in [-0.15, -0.1) is 0 Å². The van der Waals surface area contributed by atoms with Gasteiger partial charge in [0.05, 0.1) is 0 Å². The highest BCUT2D eigenvalue weighted by Gasteiger charge is 2.32. The summed E-state index contributed by atoms with van der Waals surface area (Å²) in [6.45, 7) is 0.349. The van der Waals surface area contributed by atoms with Crippen LogP contribution in [0.3, 0.4) is 0 Å². The molecule has 1 aromatic heterocycles. The molecule has 0 unspecified atom stereocenters. The number of aromatic amines is 1. The molecular formula is C18H16N4O2S. The number of imide groups is 1. The molecule has 3 aromatic rings. The molecular weight excluding hydrogens is 336 g/mol. The quantitative estimate of drug-likeness (QED) is 0.579. The fourth-order valence-electron chi connectivity index (χ4n) is 3.28. The smallest absolute Gasteiger partial charge is 0.261 e. The molecule has 0 saturated heterocycles. The number of carbonyl (C=O) groups is 2. The maximum atomic E-state index is 12.8. The Morgan fingerprint density at radius 3 is 2.28 bits per heavy atom. The third-order valence-corrected chi connectivity index (χ3v) is 4.98. The van der Waals surface area contributed by atoms with Crippen molar-refractivity contribution in [2.75, 3.05) is 6.54 Å². The number of nitrogens with zero attached hydrogens (tertiary/aromatic N) is 3. The highest BCUT2D eigenvalue weighted by molar-refractivity contribution is 7.71. The first-order chi connectivity index (χ1) is 12.1. The first kappa shape index (κ1) is 15.7. The molecule has 2 amide bonds. The van der Waals surface area contributed by atoms with Gasteiger partial charge in [-0.1, -0.05) is 24.3 Å². The summed E-state index contributed by atoms with van der Waals surface area (Å²) < 4.78 is 2.35. The van der Waals surface area contributed by atoms with E-state index >= 15 is 0 Å². The normalized spacial score (nSPS) is 13.7. The minimum atomic E-state index is -0.232. The summed E-state index contributed by atoms with van der Waals surface area (Å²) in [4.78, 5) is 26.9. The monoisotopic (exact) mass is 352 g/mol. The third-order valence-electron chi connectivity index (χ3n) is 4.61. The topological polar surface area (TPSA) is 71.0 Å². The van der Waals surface area contributed by atoms with E-state index in [2.05, 4.69) is 10.2 Å². The van der Waals surface area contributed by atoms with Crippen LogP contribution in [0.2, 0.25) is 0 Å². The van der Waals surface area contributed by atoms with Crippen LogP contribution in [-0.4, -0.2) is 38.0 Å². The molecule has 0 fully saturated rings. The van der Waals surface area contributed by atoms with Gasteiger partial charge in [0, 0.05) is 36.5 Å². The van der Waals surface area contributed by atoms with E-state index in [-0.39, 0.29) is 11.8 Å². The van der Waals surface area contributed by atoms with E-state index in [0.717, 1.165) is 16.6 Å². The Bertz CT molecular complexity index is 1020. The molecule has 6 nitrogen and oxygen atoms in total. The van der Waals surface area contributed by atoms with E-state index in [9.17, 15) is 9.59 Å². The Kier molecular flexibility index (Phi) is 3.73. The third kappa shape index (κ3) is 2.47. The Balaban J connectivity index is 1.60. The van der Waals surface area contributed by atoms with Crippen LogP contribution >= 0.6 is 12.2 Å². The van der Waals surface area contributed by atoms with E-state index in [1.807, 2.05) is 31.3 Å².